The average molecular weight is 218 g/mol. The van der Waals surface area contributed by atoms with Gasteiger partial charge in [-0.25, -0.2) is 0 Å². The second-order valence-corrected chi connectivity index (χ2v) is 3.35. The Morgan fingerprint density at radius 3 is 2.88 bits per heavy atom. The van der Waals surface area contributed by atoms with Gasteiger partial charge in [0.2, 0.25) is 5.91 Å². The Hall–Kier alpha value is -2.06. The van der Waals surface area contributed by atoms with Gasteiger partial charge in [-0.1, -0.05) is 0 Å². The van der Waals surface area contributed by atoms with Crippen LogP contribution in [0, 0.1) is 11.3 Å². The molecule has 0 saturated carbocycles. The van der Waals surface area contributed by atoms with Gasteiger partial charge in [0, 0.05) is 6.42 Å². The minimum absolute atomic E-state index is 0.146. The molecule has 84 valence electrons. The Morgan fingerprint density at radius 1 is 1.50 bits per heavy atom. The molecule has 0 spiro atoms. The van der Waals surface area contributed by atoms with E-state index in [1.54, 1.807) is 18.2 Å². The largest absolute Gasteiger partial charge is 0.397 e. The number of anilines is 2. The molecule has 5 N–H and O–H groups in total. The number of nitrogen functional groups attached to an aromatic ring is 1. The standard InChI is InChI=1S/C11H14N4O/c12-5-1-2-11(16)15-10-6-8(7-13)3-4-9(10)14/h3-4,6H,1-2,5,12,14H2,(H,15,16). The first kappa shape index (κ1) is 12.0. The molecule has 1 aromatic rings. The number of hydrogen-bond acceptors (Lipinski definition) is 4. The third-order valence-corrected chi connectivity index (χ3v) is 2.06. The highest BCUT2D eigenvalue weighted by Gasteiger charge is 2.05. The van der Waals surface area contributed by atoms with Crippen LogP contribution in [0.15, 0.2) is 18.2 Å². The van der Waals surface area contributed by atoms with E-state index in [1.165, 1.54) is 0 Å². The minimum Gasteiger partial charge on any atom is -0.397 e. The van der Waals surface area contributed by atoms with Gasteiger partial charge in [0.1, 0.15) is 0 Å². The summed E-state index contributed by atoms with van der Waals surface area (Å²) in [4.78, 5) is 11.4. The van der Waals surface area contributed by atoms with Crippen molar-refractivity contribution in [1.29, 1.82) is 5.26 Å². The molecule has 1 rings (SSSR count). The number of carbonyl (C=O) groups excluding carboxylic acids is 1. The average Bonchev–Trinajstić information content (AvgIpc) is 2.29. The lowest BCUT2D eigenvalue weighted by molar-refractivity contribution is -0.116. The van der Waals surface area contributed by atoms with Crippen LogP contribution in [0.25, 0.3) is 0 Å². The van der Waals surface area contributed by atoms with E-state index in [0.29, 0.717) is 36.3 Å². The number of carbonyl (C=O) groups is 1. The molecule has 1 aromatic carbocycles. The van der Waals surface area contributed by atoms with Crippen LogP contribution in [0.5, 0.6) is 0 Å². The summed E-state index contributed by atoms with van der Waals surface area (Å²) in [5, 5.41) is 11.4. The lowest BCUT2D eigenvalue weighted by atomic mass is 10.2. The summed E-state index contributed by atoms with van der Waals surface area (Å²) in [6.45, 7) is 0.473. The molecular formula is C11H14N4O. The normalized spacial score (nSPS) is 9.50. The van der Waals surface area contributed by atoms with Crippen LogP contribution in [-0.2, 0) is 4.79 Å². The van der Waals surface area contributed by atoms with E-state index in [4.69, 9.17) is 16.7 Å². The predicted octanol–water partition coefficient (Wildman–Crippen LogP) is 0.818. The van der Waals surface area contributed by atoms with Gasteiger partial charge >= 0.3 is 0 Å². The number of nitrogens with one attached hydrogen (secondary N) is 1. The Kier molecular flexibility index (Phi) is 4.30. The lowest BCUT2D eigenvalue weighted by Gasteiger charge is -2.07. The molecule has 1 amide bonds. The maximum atomic E-state index is 11.4. The highest BCUT2D eigenvalue weighted by molar-refractivity contribution is 5.94. The zero-order chi connectivity index (χ0) is 12.0. The van der Waals surface area contributed by atoms with E-state index in [2.05, 4.69) is 5.32 Å². The topological polar surface area (TPSA) is 105 Å². The number of nitrogens with zero attached hydrogens (tertiary/aromatic N) is 1. The third-order valence-electron chi connectivity index (χ3n) is 2.06. The van der Waals surface area contributed by atoms with Crippen LogP contribution in [0.4, 0.5) is 11.4 Å². The smallest absolute Gasteiger partial charge is 0.224 e. The van der Waals surface area contributed by atoms with Crippen LogP contribution in [0.1, 0.15) is 18.4 Å². The molecule has 0 atom stereocenters. The maximum Gasteiger partial charge on any atom is 0.224 e. The highest BCUT2D eigenvalue weighted by Crippen LogP contribution is 2.19. The first-order valence-electron chi connectivity index (χ1n) is 4.97. The highest BCUT2D eigenvalue weighted by atomic mass is 16.1. The summed E-state index contributed by atoms with van der Waals surface area (Å²) in [6, 6.07) is 6.73. The Balaban J connectivity index is 2.73. The molecule has 0 aromatic heterocycles. The predicted molar refractivity (Wildman–Crippen MR) is 62.5 cm³/mol. The van der Waals surface area contributed by atoms with Crippen LogP contribution in [-0.4, -0.2) is 12.5 Å². The van der Waals surface area contributed by atoms with Gasteiger partial charge in [-0.2, -0.15) is 5.26 Å². The lowest BCUT2D eigenvalue weighted by Crippen LogP contribution is -2.14. The number of nitriles is 1. The first-order chi connectivity index (χ1) is 7.67. The van der Waals surface area contributed by atoms with E-state index < -0.39 is 0 Å². The second kappa shape index (κ2) is 5.73. The van der Waals surface area contributed by atoms with Crippen LogP contribution in [0.2, 0.25) is 0 Å². The van der Waals surface area contributed by atoms with Crippen molar-refractivity contribution in [1.82, 2.24) is 0 Å². The molecule has 0 aliphatic heterocycles. The molecule has 0 fully saturated rings. The molecule has 0 heterocycles. The van der Waals surface area contributed by atoms with Gasteiger partial charge in [-0.3, -0.25) is 4.79 Å². The summed E-state index contributed by atoms with van der Waals surface area (Å²) in [7, 11) is 0. The molecule has 0 aliphatic rings. The van der Waals surface area contributed by atoms with Crippen molar-refractivity contribution in [2.45, 2.75) is 12.8 Å². The molecular weight excluding hydrogens is 204 g/mol. The Bertz CT molecular complexity index is 422. The summed E-state index contributed by atoms with van der Waals surface area (Å²) in [6.07, 6.45) is 0.983. The van der Waals surface area contributed by atoms with E-state index >= 15 is 0 Å². The van der Waals surface area contributed by atoms with Crippen molar-refractivity contribution < 1.29 is 4.79 Å². The van der Waals surface area contributed by atoms with Crippen LogP contribution in [0.3, 0.4) is 0 Å². The molecule has 0 radical (unpaired) electrons. The van der Waals surface area contributed by atoms with E-state index in [1.807, 2.05) is 6.07 Å². The van der Waals surface area contributed by atoms with E-state index in [9.17, 15) is 4.79 Å². The fourth-order valence-electron chi connectivity index (χ4n) is 1.21. The molecule has 16 heavy (non-hydrogen) atoms. The van der Waals surface area contributed by atoms with Gasteiger partial charge in [-0.15, -0.1) is 0 Å². The van der Waals surface area contributed by atoms with Crippen molar-refractivity contribution in [3.63, 3.8) is 0 Å². The molecule has 0 bridgehead atoms. The first-order valence-corrected chi connectivity index (χ1v) is 4.97. The van der Waals surface area contributed by atoms with Crippen molar-refractivity contribution >= 4 is 17.3 Å². The van der Waals surface area contributed by atoms with Gasteiger partial charge in [-0.05, 0) is 31.2 Å². The summed E-state index contributed by atoms with van der Waals surface area (Å²) in [5.41, 5.74) is 12.3. The van der Waals surface area contributed by atoms with Gasteiger partial charge in [0.05, 0.1) is 23.0 Å². The van der Waals surface area contributed by atoms with Crippen LogP contribution < -0.4 is 16.8 Å². The summed E-state index contributed by atoms with van der Waals surface area (Å²) in [5.74, 6) is -0.146. The molecule has 5 heteroatoms. The number of hydrogen-bond donors (Lipinski definition) is 3. The van der Waals surface area contributed by atoms with Crippen molar-refractivity contribution in [2.24, 2.45) is 5.73 Å². The van der Waals surface area contributed by atoms with Crippen molar-refractivity contribution in [3.8, 4) is 6.07 Å². The van der Waals surface area contributed by atoms with Gasteiger partial charge < -0.3 is 16.8 Å². The number of amides is 1. The van der Waals surface area contributed by atoms with Crippen molar-refractivity contribution in [2.75, 3.05) is 17.6 Å². The SMILES string of the molecule is N#Cc1ccc(N)c(NC(=O)CCCN)c1. The molecule has 0 unspecified atom stereocenters. The third kappa shape index (κ3) is 3.26. The number of benzene rings is 1. The quantitative estimate of drug-likeness (QED) is 0.650. The van der Waals surface area contributed by atoms with Crippen LogP contribution >= 0.6 is 0 Å². The number of rotatable bonds is 4. The van der Waals surface area contributed by atoms with E-state index in [-0.39, 0.29) is 5.91 Å². The molecule has 0 aliphatic carbocycles. The second-order valence-electron chi connectivity index (χ2n) is 3.35. The van der Waals surface area contributed by atoms with Gasteiger partial charge in [0.15, 0.2) is 0 Å². The summed E-state index contributed by atoms with van der Waals surface area (Å²) >= 11 is 0. The monoisotopic (exact) mass is 218 g/mol. The fraction of sp³-hybridized carbons (Fsp3) is 0.273. The minimum atomic E-state index is -0.146. The van der Waals surface area contributed by atoms with Gasteiger partial charge in [0.25, 0.3) is 0 Å². The summed E-state index contributed by atoms with van der Waals surface area (Å²) < 4.78 is 0. The Morgan fingerprint density at radius 2 is 2.25 bits per heavy atom. The van der Waals surface area contributed by atoms with E-state index in [0.717, 1.165) is 0 Å². The maximum absolute atomic E-state index is 11.4. The zero-order valence-corrected chi connectivity index (χ0v) is 8.86. The zero-order valence-electron chi connectivity index (χ0n) is 8.86. The Labute approximate surface area is 94.0 Å². The number of nitrogens with two attached hydrogens (primary N) is 2. The van der Waals surface area contributed by atoms with Crippen molar-refractivity contribution in [3.05, 3.63) is 23.8 Å². The molecule has 5 nitrogen and oxygen atoms in total. The molecule has 0 saturated heterocycles. The fourth-order valence-corrected chi connectivity index (χ4v) is 1.21.